The predicted octanol–water partition coefficient (Wildman–Crippen LogP) is 4.17. The van der Waals surface area contributed by atoms with Gasteiger partial charge in [-0.15, -0.1) is 11.3 Å². The number of nitro groups is 2. The molecule has 170 valence electrons. The summed E-state index contributed by atoms with van der Waals surface area (Å²) in [5, 5.41) is 24.2. The van der Waals surface area contributed by atoms with Gasteiger partial charge >= 0.3 is 0 Å². The van der Waals surface area contributed by atoms with Crippen LogP contribution in [0.25, 0.3) is 17.2 Å². The van der Waals surface area contributed by atoms with Crippen LogP contribution in [0.3, 0.4) is 0 Å². The molecule has 0 aliphatic heterocycles. The normalized spacial score (nSPS) is 11.4. The second-order valence-corrected chi connectivity index (χ2v) is 8.06. The smallest absolute Gasteiger partial charge is 0.267 e. The van der Waals surface area contributed by atoms with Gasteiger partial charge in [0.2, 0.25) is 10.7 Å². The molecule has 1 amide bonds. The quantitative estimate of drug-likeness (QED) is 0.310. The molecule has 12 heteroatoms. The molecule has 0 atom stereocenters. The van der Waals surface area contributed by atoms with Gasteiger partial charge < -0.3 is 0 Å². The van der Waals surface area contributed by atoms with Crippen LogP contribution in [-0.4, -0.2) is 30.3 Å². The van der Waals surface area contributed by atoms with Crippen LogP contribution >= 0.6 is 11.3 Å². The molecule has 2 aromatic heterocycles. The van der Waals surface area contributed by atoms with Gasteiger partial charge in [-0.3, -0.25) is 29.6 Å². The third kappa shape index (κ3) is 4.61. The summed E-state index contributed by atoms with van der Waals surface area (Å²) >= 11 is 1.15. The Labute approximate surface area is 196 Å². The van der Waals surface area contributed by atoms with Crippen molar-refractivity contribution in [1.29, 1.82) is 0 Å². The second kappa shape index (κ2) is 9.11. The summed E-state index contributed by atoms with van der Waals surface area (Å²) < 4.78 is 1.61. The van der Waals surface area contributed by atoms with Gasteiger partial charge in [-0.1, -0.05) is 30.3 Å². The van der Waals surface area contributed by atoms with Crippen molar-refractivity contribution in [1.82, 2.24) is 14.5 Å². The molecule has 0 saturated carbocycles. The number of carbonyl (C=O) groups is 1. The van der Waals surface area contributed by atoms with E-state index in [0.717, 1.165) is 35.1 Å². The van der Waals surface area contributed by atoms with Gasteiger partial charge in [-0.2, -0.15) is 4.99 Å². The van der Waals surface area contributed by atoms with Gasteiger partial charge in [-0.25, -0.2) is 9.97 Å². The van der Waals surface area contributed by atoms with Crippen molar-refractivity contribution in [3.05, 3.63) is 102 Å². The standard InChI is InChI=1S/C22H16N6O5S/c1-13-8-14(2)24-21(23-13)26-19(15-6-4-3-5-7-15)12-34-22(26)25-20(29)16-9-17(27(30)31)11-18(10-16)28(32)33/h3-12H,1-2H3. The third-order valence-corrected chi connectivity index (χ3v) is 5.54. The number of nitro benzene ring substituents is 2. The number of rotatable bonds is 5. The molecule has 0 aliphatic rings. The van der Waals surface area contributed by atoms with E-state index in [-0.39, 0.29) is 10.4 Å². The first-order valence-corrected chi connectivity index (χ1v) is 10.7. The van der Waals surface area contributed by atoms with Crippen LogP contribution in [-0.2, 0) is 0 Å². The van der Waals surface area contributed by atoms with Crippen molar-refractivity contribution in [2.45, 2.75) is 13.8 Å². The molecule has 0 unspecified atom stereocenters. The highest BCUT2D eigenvalue weighted by atomic mass is 32.1. The number of benzene rings is 2. The summed E-state index contributed by atoms with van der Waals surface area (Å²) in [7, 11) is 0. The molecule has 0 N–H and O–H groups in total. The highest BCUT2D eigenvalue weighted by Gasteiger charge is 2.21. The molecule has 0 spiro atoms. The Morgan fingerprint density at radius 3 is 2.09 bits per heavy atom. The maximum atomic E-state index is 13.0. The van der Waals surface area contributed by atoms with E-state index in [4.69, 9.17) is 0 Å². The Kier molecular flexibility index (Phi) is 6.06. The fourth-order valence-electron chi connectivity index (χ4n) is 3.28. The van der Waals surface area contributed by atoms with Crippen LogP contribution in [0.1, 0.15) is 21.7 Å². The summed E-state index contributed by atoms with van der Waals surface area (Å²) in [5.41, 5.74) is 1.53. The van der Waals surface area contributed by atoms with Crippen molar-refractivity contribution in [3.8, 4) is 17.2 Å². The summed E-state index contributed by atoms with van der Waals surface area (Å²) in [4.78, 5) is 47.1. The minimum Gasteiger partial charge on any atom is -0.267 e. The highest BCUT2D eigenvalue weighted by molar-refractivity contribution is 7.07. The Balaban J connectivity index is 1.92. The van der Waals surface area contributed by atoms with E-state index in [1.54, 1.807) is 9.95 Å². The maximum Gasteiger partial charge on any atom is 0.280 e. The van der Waals surface area contributed by atoms with E-state index in [0.29, 0.717) is 23.0 Å². The minimum atomic E-state index is -0.869. The van der Waals surface area contributed by atoms with Crippen LogP contribution in [0.4, 0.5) is 11.4 Å². The van der Waals surface area contributed by atoms with E-state index < -0.39 is 27.1 Å². The second-order valence-electron chi connectivity index (χ2n) is 7.22. The van der Waals surface area contributed by atoms with Crippen LogP contribution in [0.5, 0.6) is 0 Å². The van der Waals surface area contributed by atoms with Gasteiger partial charge in [0.1, 0.15) is 0 Å². The SMILES string of the molecule is Cc1cc(C)nc(-n2c(-c3ccccc3)csc2=NC(=O)c2cc([N+](=O)[O-])cc([N+](=O)[O-])c2)n1. The lowest BCUT2D eigenvalue weighted by atomic mass is 10.1. The Morgan fingerprint density at radius 1 is 0.941 bits per heavy atom. The molecule has 11 nitrogen and oxygen atoms in total. The number of aryl methyl sites for hydroxylation is 2. The van der Waals surface area contributed by atoms with Gasteiger partial charge in [0.05, 0.1) is 27.2 Å². The van der Waals surface area contributed by atoms with Crippen LogP contribution in [0, 0.1) is 34.1 Å². The lowest BCUT2D eigenvalue weighted by Gasteiger charge is -2.09. The van der Waals surface area contributed by atoms with Crippen molar-refractivity contribution in [2.24, 2.45) is 4.99 Å². The Morgan fingerprint density at radius 2 is 1.53 bits per heavy atom. The first-order chi connectivity index (χ1) is 16.2. The van der Waals surface area contributed by atoms with Crippen LogP contribution in [0.2, 0.25) is 0 Å². The zero-order valence-corrected chi connectivity index (χ0v) is 18.7. The van der Waals surface area contributed by atoms with Crippen molar-refractivity contribution < 1.29 is 14.6 Å². The number of hydrogen-bond acceptors (Lipinski definition) is 8. The number of nitrogens with zero attached hydrogens (tertiary/aromatic N) is 6. The fraction of sp³-hybridized carbons (Fsp3) is 0.0909. The Hall–Kier alpha value is -4.58. The molecule has 0 saturated heterocycles. The molecular formula is C22H16N6O5S. The van der Waals surface area contributed by atoms with E-state index in [1.165, 1.54) is 0 Å². The molecule has 4 rings (SSSR count). The van der Waals surface area contributed by atoms with E-state index in [2.05, 4.69) is 15.0 Å². The first kappa shape index (κ1) is 22.6. The van der Waals surface area contributed by atoms with E-state index >= 15 is 0 Å². The van der Waals surface area contributed by atoms with Crippen LogP contribution in [0.15, 0.2) is 65.0 Å². The van der Waals surface area contributed by atoms with Gasteiger partial charge in [-0.05, 0) is 25.5 Å². The van der Waals surface area contributed by atoms with Gasteiger partial charge in [0.15, 0.2) is 0 Å². The largest absolute Gasteiger partial charge is 0.280 e. The van der Waals surface area contributed by atoms with Gasteiger partial charge in [0, 0.05) is 28.9 Å². The van der Waals surface area contributed by atoms with Crippen LogP contribution < -0.4 is 4.80 Å². The Bertz CT molecular complexity index is 1460. The summed E-state index contributed by atoms with van der Waals surface area (Å²) in [5.74, 6) is -0.569. The lowest BCUT2D eigenvalue weighted by Crippen LogP contribution is -2.19. The van der Waals surface area contributed by atoms with Crippen molar-refractivity contribution >= 4 is 28.6 Å². The summed E-state index contributed by atoms with van der Waals surface area (Å²) in [6.45, 7) is 3.63. The number of thiazole rings is 1. The highest BCUT2D eigenvalue weighted by Crippen LogP contribution is 2.24. The molecule has 34 heavy (non-hydrogen) atoms. The number of aromatic nitrogens is 3. The zero-order chi connectivity index (χ0) is 24.4. The topological polar surface area (TPSA) is 146 Å². The monoisotopic (exact) mass is 476 g/mol. The molecule has 0 aliphatic carbocycles. The molecule has 0 bridgehead atoms. The first-order valence-electron chi connectivity index (χ1n) is 9.84. The molecular weight excluding hydrogens is 460 g/mol. The summed E-state index contributed by atoms with van der Waals surface area (Å²) in [6.07, 6.45) is 0. The minimum absolute atomic E-state index is 0.211. The molecule has 4 aromatic rings. The average Bonchev–Trinajstić information content (AvgIpc) is 3.22. The van der Waals surface area contributed by atoms with Crippen molar-refractivity contribution in [3.63, 3.8) is 0 Å². The zero-order valence-electron chi connectivity index (χ0n) is 17.9. The lowest BCUT2D eigenvalue weighted by molar-refractivity contribution is -0.394. The molecule has 2 heterocycles. The van der Waals surface area contributed by atoms with Gasteiger partial charge in [0.25, 0.3) is 17.3 Å². The van der Waals surface area contributed by atoms with Crippen molar-refractivity contribution in [2.75, 3.05) is 0 Å². The number of carbonyl (C=O) groups excluding carboxylic acids is 1. The molecule has 0 fully saturated rings. The predicted molar refractivity (Wildman–Crippen MR) is 124 cm³/mol. The number of amides is 1. The van der Waals surface area contributed by atoms with E-state index in [1.807, 2.05) is 50.2 Å². The number of non-ortho nitro benzene ring substituents is 2. The number of hydrogen-bond donors (Lipinski definition) is 0. The molecule has 2 aromatic carbocycles. The van der Waals surface area contributed by atoms with E-state index in [9.17, 15) is 25.0 Å². The summed E-state index contributed by atoms with van der Waals surface area (Å²) in [6, 6.07) is 13.9. The molecule has 0 radical (unpaired) electrons. The fourth-order valence-corrected chi connectivity index (χ4v) is 4.16. The maximum absolute atomic E-state index is 13.0. The average molecular weight is 476 g/mol. The third-order valence-electron chi connectivity index (χ3n) is 4.72.